The molecule has 0 bridgehead atoms. The van der Waals surface area contributed by atoms with E-state index in [1.54, 1.807) is 11.3 Å². The summed E-state index contributed by atoms with van der Waals surface area (Å²) in [5.74, 6) is 1.23. The van der Waals surface area contributed by atoms with Gasteiger partial charge in [-0.25, -0.2) is 4.98 Å². The molecule has 1 aromatic heterocycles. The molecule has 4 fully saturated rings. The van der Waals surface area contributed by atoms with E-state index in [0.717, 1.165) is 69.5 Å². The zero-order chi connectivity index (χ0) is 19.8. The van der Waals surface area contributed by atoms with Crippen molar-refractivity contribution in [3.8, 4) is 0 Å². The zero-order valence-electron chi connectivity index (χ0n) is 17.4. The van der Waals surface area contributed by atoms with Crippen molar-refractivity contribution >= 4 is 23.2 Å². The van der Waals surface area contributed by atoms with Crippen LogP contribution in [-0.4, -0.2) is 51.8 Å². The maximum Gasteiger partial charge on any atom is 0.273 e. The van der Waals surface area contributed by atoms with Crippen molar-refractivity contribution in [2.24, 2.45) is 5.92 Å². The summed E-state index contributed by atoms with van der Waals surface area (Å²) >= 11 is 1.65. The largest absolute Gasteiger partial charge is 0.342 e. The first-order valence-corrected chi connectivity index (χ1v) is 12.7. The highest BCUT2D eigenvalue weighted by Crippen LogP contribution is 2.37. The minimum atomic E-state index is 0.166. The van der Waals surface area contributed by atoms with E-state index >= 15 is 0 Å². The molecule has 0 N–H and O–H groups in total. The van der Waals surface area contributed by atoms with Gasteiger partial charge in [0.25, 0.3) is 5.91 Å². The smallest absolute Gasteiger partial charge is 0.273 e. The van der Waals surface area contributed by atoms with E-state index in [2.05, 4.69) is 9.80 Å². The Kier molecular flexibility index (Phi) is 5.63. The fourth-order valence-electron chi connectivity index (χ4n) is 5.31. The monoisotopic (exact) mass is 415 g/mol. The van der Waals surface area contributed by atoms with Gasteiger partial charge < -0.3 is 9.80 Å². The fourth-order valence-corrected chi connectivity index (χ4v) is 6.27. The number of likely N-dealkylation sites (tertiary alicyclic amines) is 1. The van der Waals surface area contributed by atoms with Gasteiger partial charge in [0.15, 0.2) is 0 Å². The second-order valence-electron chi connectivity index (χ2n) is 9.53. The predicted molar refractivity (Wildman–Crippen MR) is 114 cm³/mol. The fraction of sp³-hybridized carbons (Fsp3) is 0.783. The summed E-state index contributed by atoms with van der Waals surface area (Å²) in [5.41, 5.74) is 0.662. The molecule has 6 heteroatoms. The first-order valence-electron chi connectivity index (χ1n) is 11.8. The highest BCUT2D eigenvalue weighted by Gasteiger charge is 2.39. The molecule has 1 saturated heterocycles. The zero-order valence-corrected chi connectivity index (χ0v) is 18.2. The lowest BCUT2D eigenvalue weighted by Crippen LogP contribution is -2.43. The van der Waals surface area contributed by atoms with Crippen LogP contribution < -0.4 is 0 Å². The van der Waals surface area contributed by atoms with Crippen LogP contribution in [0.2, 0.25) is 0 Å². The number of carbonyl (C=O) groups excluding carboxylic acids is 2. The summed E-state index contributed by atoms with van der Waals surface area (Å²) < 4.78 is 0. The number of amides is 2. The van der Waals surface area contributed by atoms with Gasteiger partial charge in [-0.1, -0.05) is 25.7 Å². The van der Waals surface area contributed by atoms with E-state index in [-0.39, 0.29) is 5.91 Å². The second kappa shape index (κ2) is 8.37. The van der Waals surface area contributed by atoms with Crippen molar-refractivity contribution in [3.63, 3.8) is 0 Å². The Morgan fingerprint density at radius 2 is 1.59 bits per heavy atom. The van der Waals surface area contributed by atoms with Gasteiger partial charge in [0.2, 0.25) is 5.91 Å². The first-order chi connectivity index (χ1) is 14.2. The van der Waals surface area contributed by atoms with Crippen molar-refractivity contribution < 1.29 is 9.59 Å². The van der Waals surface area contributed by atoms with Crippen LogP contribution >= 0.6 is 11.3 Å². The standard InChI is InChI=1S/C23H33N3O2S/c27-22(17-5-4-6-17)25-13-11-16(12-14-25)21-24-20(15-29-21)23(28)26(19-9-10-19)18-7-2-1-3-8-18/h15-19H,1-14H2. The molecule has 5 nitrogen and oxygen atoms in total. The molecule has 158 valence electrons. The van der Waals surface area contributed by atoms with Crippen molar-refractivity contribution in [3.05, 3.63) is 16.1 Å². The van der Waals surface area contributed by atoms with E-state index in [0.29, 0.717) is 35.5 Å². The third kappa shape index (κ3) is 4.10. The lowest BCUT2D eigenvalue weighted by molar-refractivity contribution is -0.139. The van der Waals surface area contributed by atoms with Gasteiger partial charge in [-0.15, -0.1) is 11.3 Å². The molecule has 5 rings (SSSR count). The Bertz CT molecular complexity index is 741. The molecule has 4 aliphatic rings. The van der Waals surface area contributed by atoms with Crippen LogP contribution in [0.5, 0.6) is 0 Å². The van der Waals surface area contributed by atoms with Gasteiger partial charge in [-0.3, -0.25) is 9.59 Å². The van der Waals surface area contributed by atoms with Gasteiger partial charge in [0, 0.05) is 42.4 Å². The average Bonchev–Trinajstić information content (AvgIpc) is 3.42. The quantitative estimate of drug-likeness (QED) is 0.707. The number of aromatic nitrogens is 1. The molecular weight excluding hydrogens is 382 g/mol. The van der Waals surface area contributed by atoms with Crippen LogP contribution in [0.15, 0.2) is 5.38 Å². The Balaban J connectivity index is 1.21. The predicted octanol–water partition coefficient (Wildman–Crippen LogP) is 4.59. The van der Waals surface area contributed by atoms with Crippen molar-refractivity contribution in [1.82, 2.24) is 14.8 Å². The summed E-state index contributed by atoms with van der Waals surface area (Å²) in [6.45, 7) is 1.69. The van der Waals surface area contributed by atoms with E-state index in [4.69, 9.17) is 4.98 Å². The van der Waals surface area contributed by atoms with Gasteiger partial charge in [-0.2, -0.15) is 0 Å². The van der Waals surface area contributed by atoms with E-state index in [9.17, 15) is 9.59 Å². The summed E-state index contributed by atoms with van der Waals surface area (Å²) in [4.78, 5) is 34.8. The summed E-state index contributed by atoms with van der Waals surface area (Å²) in [7, 11) is 0. The maximum absolute atomic E-state index is 13.3. The Hall–Kier alpha value is -1.43. The van der Waals surface area contributed by atoms with Gasteiger partial charge in [-0.05, 0) is 51.4 Å². The van der Waals surface area contributed by atoms with Crippen LogP contribution in [0, 0.1) is 5.92 Å². The Labute approximate surface area is 177 Å². The minimum absolute atomic E-state index is 0.166. The summed E-state index contributed by atoms with van der Waals surface area (Å²) in [5, 5.41) is 3.09. The molecule has 3 aliphatic carbocycles. The van der Waals surface area contributed by atoms with Crippen LogP contribution in [0.25, 0.3) is 0 Å². The highest BCUT2D eigenvalue weighted by molar-refractivity contribution is 7.09. The molecule has 1 aromatic rings. The number of hydrogen-bond donors (Lipinski definition) is 0. The number of carbonyl (C=O) groups is 2. The van der Waals surface area contributed by atoms with Crippen molar-refractivity contribution in [2.75, 3.05) is 13.1 Å². The van der Waals surface area contributed by atoms with Crippen LogP contribution in [0.4, 0.5) is 0 Å². The highest BCUT2D eigenvalue weighted by atomic mass is 32.1. The summed E-state index contributed by atoms with van der Waals surface area (Å²) in [6.07, 6.45) is 13.8. The number of piperidine rings is 1. The SMILES string of the molecule is O=C(C1CCC1)N1CCC(c2nc(C(=O)N(C3CCCCC3)C3CC3)cs2)CC1. The third-order valence-electron chi connectivity index (χ3n) is 7.49. The normalized spacial score (nSPS) is 24.3. The summed E-state index contributed by atoms with van der Waals surface area (Å²) in [6, 6.07) is 0.881. The number of thiazole rings is 1. The van der Waals surface area contributed by atoms with Crippen molar-refractivity contribution in [1.29, 1.82) is 0 Å². The van der Waals surface area contributed by atoms with E-state index in [1.165, 1.54) is 25.7 Å². The van der Waals surface area contributed by atoms with Gasteiger partial charge in [0.05, 0.1) is 5.01 Å². The Morgan fingerprint density at radius 1 is 0.897 bits per heavy atom. The topological polar surface area (TPSA) is 53.5 Å². The van der Waals surface area contributed by atoms with E-state index in [1.807, 2.05) is 5.38 Å². The lowest BCUT2D eigenvalue weighted by atomic mass is 9.83. The lowest BCUT2D eigenvalue weighted by Gasteiger charge is -2.36. The molecular formula is C23H33N3O2S. The Morgan fingerprint density at radius 3 is 2.21 bits per heavy atom. The van der Waals surface area contributed by atoms with Gasteiger partial charge in [0.1, 0.15) is 5.69 Å². The van der Waals surface area contributed by atoms with Crippen molar-refractivity contribution in [2.45, 2.75) is 95.1 Å². The molecule has 29 heavy (non-hydrogen) atoms. The molecule has 2 heterocycles. The molecule has 0 spiro atoms. The number of rotatable bonds is 5. The second-order valence-corrected chi connectivity index (χ2v) is 10.4. The molecule has 2 amide bonds. The molecule has 0 unspecified atom stereocenters. The van der Waals surface area contributed by atoms with Gasteiger partial charge >= 0.3 is 0 Å². The number of nitrogens with zero attached hydrogens (tertiary/aromatic N) is 3. The molecule has 3 saturated carbocycles. The average molecular weight is 416 g/mol. The first kappa shape index (κ1) is 19.5. The number of hydrogen-bond acceptors (Lipinski definition) is 4. The minimum Gasteiger partial charge on any atom is -0.342 e. The molecule has 0 aromatic carbocycles. The van der Waals surface area contributed by atoms with Crippen LogP contribution in [0.3, 0.4) is 0 Å². The third-order valence-corrected chi connectivity index (χ3v) is 8.50. The van der Waals surface area contributed by atoms with E-state index < -0.39 is 0 Å². The van der Waals surface area contributed by atoms with Crippen LogP contribution in [-0.2, 0) is 4.79 Å². The van der Waals surface area contributed by atoms with Crippen LogP contribution in [0.1, 0.15) is 98.5 Å². The molecule has 0 radical (unpaired) electrons. The maximum atomic E-state index is 13.3. The molecule has 1 aliphatic heterocycles. The molecule has 0 atom stereocenters.